The number of carboxylic acids is 1. The van der Waals surface area contributed by atoms with Gasteiger partial charge in [0, 0.05) is 6.42 Å². The summed E-state index contributed by atoms with van der Waals surface area (Å²) < 4.78 is 5.08. The van der Waals surface area contributed by atoms with E-state index in [0.717, 1.165) is 5.56 Å². The Morgan fingerprint density at radius 2 is 2.06 bits per heavy atom. The van der Waals surface area contributed by atoms with Gasteiger partial charge in [0.25, 0.3) is 0 Å². The number of ether oxygens (including phenoxy) is 1. The average Bonchev–Trinajstić information content (AvgIpc) is 2.37. The van der Waals surface area contributed by atoms with E-state index in [1.165, 1.54) is 0 Å². The van der Waals surface area contributed by atoms with Gasteiger partial charge in [-0.05, 0) is 18.1 Å². The number of carboxylic acid groups (broad SMARTS) is 1. The van der Waals surface area contributed by atoms with Crippen molar-refractivity contribution in [1.29, 1.82) is 0 Å². The molecule has 1 aliphatic rings. The Morgan fingerprint density at radius 1 is 1.33 bits per heavy atom. The van der Waals surface area contributed by atoms with Crippen LogP contribution in [0, 0.1) is 5.92 Å². The lowest BCUT2D eigenvalue weighted by atomic mass is 9.93. The summed E-state index contributed by atoms with van der Waals surface area (Å²) in [4.78, 5) is 22.3. The molecule has 0 bridgehead atoms. The van der Waals surface area contributed by atoms with E-state index in [9.17, 15) is 9.59 Å². The van der Waals surface area contributed by atoms with Crippen LogP contribution >= 0.6 is 0 Å². The topological polar surface area (TPSA) is 63.6 Å². The van der Waals surface area contributed by atoms with Crippen LogP contribution in [-0.4, -0.2) is 23.1 Å². The van der Waals surface area contributed by atoms with Crippen molar-refractivity contribution in [2.45, 2.75) is 18.9 Å². The van der Waals surface area contributed by atoms with E-state index in [1.54, 1.807) is 12.2 Å². The minimum absolute atomic E-state index is 0.173. The van der Waals surface area contributed by atoms with E-state index in [0.29, 0.717) is 6.42 Å². The van der Waals surface area contributed by atoms with Crippen molar-refractivity contribution in [3.8, 4) is 0 Å². The molecule has 1 fully saturated rings. The van der Waals surface area contributed by atoms with Crippen molar-refractivity contribution < 1.29 is 19.4 Å². The van der Waals surface area contributed by atoms with Crippen LogP contribution in [0.4, 0.5) is 0 Å². The largest absolute Gasteiger partial charge is 0.481 e. The van der Waals surface area contributed by atoms with E-state index in [4.69, 9.17) is 9.84 Å². The quantitative estimate of drug-likeness (QED) is 0.829. The standard InChI is InChI=1S/C14H14O4/c15-13-9-7-11(14(16)17)12(18-13)8-6-10-4-2-1-3-5-10/h1-6,8,11-12H,7,9H2,(H,16,17)/b8-6-/t11-,12+/m1/s1. The fraction of sp³-hybridized carbons (Fsp3) is 0.286. The smallest absolute Gasteiger partial charge is 0.310 e. The summed E-state index contributed by atoms with van der Waals surface area (Å²) in [7, 11) is 0. The molecule has 4 nitrogen and oxygen atoms in total. The lowest BCUT2D eigenvalue weighted by molar-refractivity contribution is -0.162. The minimum atomic E-state index is -0.926. The number of rotatable bonds is 3. The lowest BCUT2D eigenvalue weighted by Crippen LogP contribution is -2.35. The van der Waals surface area contributed by atoms with Gasteiger partial charge in [-0.15, -0.1) is 0 Å². The summed E-state index contributed by atoms with van der Waals surface area (Å²) in [6.45, 7) is 0. The molecule has 1 heterocycles. The summed E-state index contributed by atoms with van der Waals surface area (Å²) in [5.41, 5.74) is 0.947. The third kappa shape index (κ3) is 2.97. The third-order valence-electron chi connectivity index (χ3n) is 2.92. The molecular weight excluding hydrogens is 232 g/mol. The van der Waals surface area contributed by atoms with E-state index >= 15 is 0 Å². The number of carbonyl (C=O) groups excluding carboxylic acids is 1. The number of hydrogen-bond acceptors (Lipinski definition) is 3. The van der Waals surface area contributed by atoms with Gasteiger partial charge in [-0.2, -0.15) is 0 Å². The first-order valence-electron chi connectivity index (χ1n) is 5.82. The zero-order chi connectivity index (χ0) is 13.0. The van der Waals surface area contributed by atoms with Crippen molar-refractivity contribution in [2.75, 3.05) is 0 Å². The first-order chi connectivity index (χ1) is 8.66. The second kappa shape index (κ2) is 5.49. The van der Waals surface area contributed by atoms with Crippen LogP contribution in [0.5, 0.6) is 0 Å². The van der Waals surface area contributed by atoms with Crippen molar-refractivity contribution in [2.24, 2.45) is 5.92 Å². The second-order valence-electron chi connectivity index (χ2n) is 4.21. The molecule has 1 aromatic carbocycles. The van der Waals surface area contributed by atoms with Gasteiger partial charge in [0.05, 0.1) is 5.92 Å². The van der Waals surface area contributed by atoms with Crippen molar-refractivity contribution in [3.05, 3.63) is 42.0 Å². The van der Waals surface area contributed by atoms with E-state index in [1.807, 2.05) is 30.3 Å². The minimum Gasteiger partial charge on any atom is -0.481 e. The molecule has 0 saturated carbocycles. The molecular formula is C14H14O4. The molecule has 0 radical (unpaired) electrons. The van der Waals surface area contributed by atoms with Crippen LogP contribution in [0.3, 0.4) is 0 Å². The molecule has 94 valence electrons. The maximum Gasteiger partial charge on any atom is 0.310 e. The Labute approximate surface area is 105 Å². The van der Waals surface area contributed by atoms with Crippen molar-refractivity contribution >= 4 is 18.0 Å². The highest BCUT2D eigenvalue weighted by molar-refractivity contribution is 5.77. The van der Waals surface area contributed by atoms with Crippen LogP contribution in [0.25, 0.3) is 6.08 Å². The maximum absolute atomic E-state index is 11.2. The van der Waals surface area contributed by atoms with Gasteiger partial charge in [0.2, 0.25) is 0 Å². The SMILES string of the molecule is O=C1CC[C@@H](C(=O)O)[C@H](/C=C\c2ccccc2)O1. The highest BCUT2D eigenvalue weighted by Crippen LogP contribution is 2.23. The Morgan fingerprint density at radius 3 is 2.72 bits per heavy atom. The highest BCUT2D eigenvalue weighted by Gasteiger charge is 2.34. The van der Waals surface area contributed by atoms with E-state index in [-0.39, 0.29) is 12.4 Å². The molecule has 2 rings (SSSR count). The number of hydrogen-bond donors (Lipinski definition) is 1. The maximum atomic E-state index is 11.2. The van der Waals surface area contributed by atoms with Crippen LogP contribution < -0.4 is 0 Å². The fourth-order valence-electron chi connectivity index (χ4n) is 1.94. The molecule has 0 unspecified atom stereocenters. The van der Waals surface area contributed by atoms with Crippen LogP contribution in [0.15, 0.2) is 36.4 Å². The number of esters is 1. The zero-order valence-electron chi connectivity index (χ0n) is 9.78. The summed E-state index contributed by atoms with van der Waals surface area (Å²) in [6.07, 6.45) is 3.25. The first kappa shape index (κ1) is 12.4. The molecule has 0 amide bonds. The predicted octanol–water partition coefficient (Wildman–Crippen LogP) is 2.11. The number of cyclic esters (lactones) is 1. The number of aliphatic carboxylic acids is 1. The van der Waals surface area contributed by atoms with Crippen molar-refractivity contribution in [1.82, 2.24) is 0 Å². The van der Waals surface area contributed by atoms with Gasteiger partial charge < -0.3 is 9.84 Å². The molecule has 2 atom stereocenters. The van der Waals surface area contributed by atoms with E-state index < -0.39 is 18.0 Å². The Balaban J connectivity index is 2.11. The van der Waals surface area contributed by atoms with Gasteiger partial charge in [0.1, 0.15) is 6.10 Å². The van der Waals surface area contributed by atoms with Gasteiger partial charge >= 0.3 is 11.9 Å². The lowest BCUT2D eigenvalue weighted by Gasteiger charge is -2.25. The number of carbonyl (C=O) groups is 2. The summed E-state index contributed by atoms with van der Waals surface area (Å²) in [6, 6.07) is 9.48. The van der Waals surface area contributed by atoms with Gasteiger partial charge in [-0.1, -0.05) is 36.4 Å². The predicted molar refractivity (Wildman–Crippen MR) is 65.7 cm³/mol. The molecule has 0 spiro atoms. The highest BCUT2D eigenvalue weighted by atomic mass is 16.5. The Bertz CT molecular complexity index is 464. The summed E-state index contributed by atoms with van der Waals surface area (Å²) >= 11 is 0. The van der Waals surface area contributed by atoms with Crippen molar-refractivity contribution in [3.63, 3.8) is 0 Å². The Hall–Kier alpha value is -2.10. The molecule has 0 aromatic heterocycles. The van der Waals surface area contributed by atoms with Crippen LogP contribution in [0.2, 0.25) is 0 Å². The Kier molecular flexibility index (Phi) is 3.77. The van der Waals surface area contributed by atoms with Gasteiger partial charge in [0.15, 0.2) is 0 Å². The molecule has 1 aromatic rings. The third-order valence-corrected chi connectivity index (χ3v) is 2.92. The molecule has 18 heavy (non-hydrogen) atoms. The number of benzene rings is 1. The van der Waals surface area contributed by atoms with E-state index in [2.05, 4.69) is 0 Å². The normalized spacial score (nSPS) is 23.9. The molecule has 0 aliphatic carbocycles. The monoisotopic (exact) mass is 246 g/mol. The summed E-state index contributed by atoms with van der Waals surface area (Å²) in [5, 5.41) is 9.07. The molecule has 1 aliphatic heterocycles. The fourth-order valence-corrected chi connectivity index (χ4v) is 1.94. The summed E-state index contributed by atoms with van der Waals surface area (Å²) in [5.74, 6) is -1.91. The van der Waals surface area contributed by atoms with Gasteiger partial charge in [-0.3, -0.25) is 9.59 Å². The molecule has 1 saturated heterocycles. The van der Waals surface area contributed by atoms with Gasteiger partial charge in [-0.25, -0.2) is 0 Å². The second-order valence-corrected chi connectivity index (χ2v) is 4.21. The zero-order valence-corrected chi connectivity index (χ0v) is 9.78. The average molecular weight is 246 g/mol. The molecule has 1 N–H and O–H groups in total. The first-order valence-corrected chi connectivity index (χ1v) is 5.82. The van der Waals surface area contributed by atoms with Crippen LogP contribution in [-0.2, 0) is 14.3 Å². The molecule has 4 heteroatoms. The van der Waals surface area contributed by atoms with Crippen LogP contribution in [0.1, 0.15) is 18.4 Å².